The Balaban J connectivity index is 2.64. The van der Waals surface area contributed by atoms with E-state index in [1.54, 1.807) is 13.8 Å². The normalized spacial score (nSPS) is 11.6. The van der Waals surface area contributed by atoms with Crippen molar-refractivity contribution in [1.29, 1.82) is 0 Å². The molecule has 0 bridgehead atoms. The van der Waals surface area contributed by atoms with E-state index in [2.05, 4.69) is 16.0 Å². The summed E-state index contributed by atoms with van der Waals surface area (Å²) in [6.45, 7) is 8.00. The second kappa shape index (κ2) is 6.78. The van der Waals surface area contributed by atoms with E-state index in [4.69, 9.17) is 0 Å². The maximum atomic E-state index is 11.8. The maximum Gasteiger partial charge on any atom is 0.321 e. The van der Waals surface area contributed by atoms with Crippen LogP contribution in [0, 0.1) is 13.8 Å². The van der Waals surface area contributed by atoms with E-state index in [0.29, 0.717) is 6.54 Å². The average Bonchev–Trinajstić information content (AvgIpc) is 2.35. The molecule has 104 valence electrons. The fourth-order valence-corrected chi connectivity index (χ4v) is 1.63. The summed E-state index contributed by atoms with van der Waals surface area (Å²) >= 11 is 0. The minimum atomic E-state index is -0.483. The van der Waals surface area contributed by atoms with Gasteiger partial charge >= 0.3 is 6.03 Å². The first-order valence-corrected chi connectivity index (χ1v) is 6.37. The maximum absolute atomic E-state index is 11.8. The lowest BCUT2D eigenvalue weighted by atomic mass is 10.1. The van der Waals surface area contributed by atoms with Crippen LogP contribution < -0.4 is 16.0 Å². The van der Waals surface area contributed by atoms with Crippen LogP contribution in [0.25, 0.3) is 0 Å². The highest BCUT2D eigenvalue weighted by Gasteiger charge is 2.16. The Hall–Kier alpha value is -2.04. The van der Waals surface area contributed by atoms with Crippen LogP contribution >= 0.6 is 0 Å². The van der Waals surface area contributed by atoms with Crippen LogP contribution in [0.5, 0.6) is 0 Å². The minimum Gasteiger partial charge on any atom is -0.374 e. The number of hydrogen-bond donors (Lipinski definition) is 3. The van der Waals surface area contributed by atoms with Crippen molar-refractivity contribution in [3.8, 4) is 0 Å². The average molecular weight is 263 g/mol. The smallest absolute Gasteiger partial charge is 0.321 e. The second-order valence-electron chi connectivity index (χ2n) is 4.46. The van der Waals surface area contributed by atoms with Gasteiger partial charge in [0.1, 0.15) is 6.04 Å². The van der Waals surface area contributed by atoms with Gasteiger partial charge in [-0.1, -0.05) is 12.1 Å². The Bertz CT molecular complexity index is 472. The van der Waals surface area contributed by atoms with Crippen LogP contribution in [-0.4, -0.2) is 24.5 Å². The Morgan fingerprint density at radius 2 is 1.95 bits per heavy atom. The lowest BCUT2D eigenvalue weighted by Gasteiger charge is -2.17. The summed E-state index contributed by atoms with van der Waals surface area (Å²) in [6, 6.07) is 4.90. The third-order valence-electron chi connectivity index (χ3n) is 2.94. The fraction of sp³-hybridized carbons (Fsp3) is 0.429. The van der Waals surface area contributed by atoms with E-state index in [1.165, 1.54) is 0 Å². The van der Waals surface area contributed by atoms with Gasteiger partial charge in [0.2, 0.25) is 5.91 Å². The molecule has 1 atom stereocenters. The van der Waals surface area contributed by atoms with Gasteiger partial charge in [-0.25, -0.2) is 4.79 Å². The van der Waals surface area contributed by atoms with E-state index in [9.17, 15) is 9.59 Å². The summed E-state index contributed by atoms with van der Waals surface area (Å²) in [5.41, 5.74) is 3.15. The van der Waals surface area contributed by atoms with Crippen molar-refractivity contribution in [2.24, 2.45) is 0 Å². The van der Waals surface area contributed by atoms with Crippen molar-refractivity contribution in [1.82, 2.24) is 10.6 Å². The lowest BCUT2D eigenvalue weighted by molar-refractivity contribution is -0.120. The van der Waals surface area contributed by atoms with Crippen LogP contribution in [0.2, 0.25) is 0 Å². The molecule has 0 aliphatic heterocycles. The standard InChI is InChI=1S/C14H21N3O2/c1-5-15-14(19)17-13(18)11(4)16-12-8-6-7-9(2)10(12)3/h6-8,11,16H,5H2,1-4H3,(H2,15,17,18,19)/t11-/m0/s1. The molecule has 3 N–H and O–H groups in total. The van der Waals surface area contributed by atoms with E-state index in [-0.39, 0.29) is 5.91 Å². The Kier molecular flexibility index (Phi) is 5.36. The third-order valence-corrected chi connectivity index (χ3v) is 2.94. The van der Waals surface area contributed by atoms with E-state index in [0.717, 1.165) is 16.8 Å². The second-order valence-corrected chi connectivity index (χ2v) is 4.46. The van der Waals surface area contributed by atoms with Crippen molar-refractivity contribution in [2.75, 3.05) is 11.9 Å². The molecule has 5 nitrogen and oxygen atoms in total. The first kappa shape index (κ1) is 15.0. The number of urea groups is 1. The van der Waals surface area contributed by atoms with Crippen molar-refractivity contribution in [2.45, 2.75) is 33.7 Å². The van der Waals surface area contributed by atoms with Crippen LogP contribution in [0.3, 0.4) is 0 Å². The summed E-state index contributed by atoms with van der Waals surface area (Å²) in [5, 5.41) is 7.91. The zero-order chi connectivity index (χ0) is 14.4. The molecule has 0 fully saturated rings. The number of benzene rings is 1. The summed E-state index contributed by atoms with van der Waals surface area (Å²) in [6.07, 6.45) is 0. The quantitative estimate of drug-likeness (QED) is 0.777. The molecule has 1 rings (SSSR count). The number of carbonyl (C=O) groups excluding carboxylic acids is 2. The molecule has 1 aromatic rings. The molecule has 0 aliphatic rings. The van der Waals surface area contributed by atoms with Gasteiger partial charge in [0.05, 0.1) is 0 Å². The van der Waals surface area contributed by atoms with Gasteiger partial charge in [-0.3, -0.25) is 10.1 Å². The van der Waals surface area contributed by atoms with Gasteiger partial charge in [-0.2, -0.15) is 0 Å². The summed E-state index contributed by atoms with van der Waals surface area (Å²) in [5.74, 6) is -0.355. The van der Waals surface area contributed by atoms with Gasteiger partial charge in [-0.05, 0) is 44.9 Å². The van der Waals surface area contributed by atoms with E-state index in [1.807, 2.05) is 32.0 Å². The highest BCUT2D eigenvalue weighted by molar-refractivity contribution is 5.98. The van der Waals surface area contributed by atoms with Gasteiger partial charge in [-0.15, -0.1) is 0 Å². The number of aryl methyl sites for hydroxylation is 1. The molecule has 0 aliphatic carbocycles. The molecule has 0 aromatic heterocycles. The summed E-state index contributed by atoms with van der Waals surface area (Å²) in [7, 11) is 0. The molecule has 0 saturated heterocycles. The van der Waals surface area contributed by atoms with Crippen molar-refractivity contribution in [3.63, 3.8) is 0 Å². The molecule has 0 heterocycles. The molecule has 0 saturated carbocycles. The fourth-order valence-electron chi connectivity index (χ4n) is 1.63. The number of carbonyl (C=O) groups is 2. The Labute approximate surface area is 113 Å². The molecular weight excluding hydrogens is 242 g/mol. The topological polar surface area (TPSA) is 70.2 Å². The Morgan fingerprint density at radius 1 is 1.26 bits per heavy atom. The summed E-state index contributed by atoms with van der Waals surface area (Å²) < 4.78 is 0. The van der Waals surface area contributed by atoms with E-state index < -0.39 is 12.1 Å². The molecule has 19 heavy (non-hydrogen) atoms. The van der Waals surface area contributed by atoms with Crippen LogP contribution in [0.1, 0.15) is 25.0 Å². The predicted molar refractivity (Wildman–Crippen MR) is 76.2 cm³/mol. The number of hydrogen-bond acceptors (Lipinski definition) is 3. The largest absolute Gasteiger partial charge is 0.374 e. The lowest BCUT2D eigenvalue weighted by Crippen LogP contribution is -2.45. The van der Waals surface area contributed by atoms with Crippen LogP contribution in [0.15, 0.2) is 18.2 Å². The molecular formula is C14H21N3O2. The molecule has 1 aromatic carbocycles. The van der Waals surface area contributed by atoms with Gasteiger partial charge in [0.15, 0.2) is 0 Å². The number of imide groups is 1. The first-order chi connectivity index (χ1) is 8.95. The van der Waals surface area contributed by atoms with E-state index >= 15 is 0 Å². The van der Waals surface area contributed by atoms with Gasteiger partial charge in [0, 0.05) is 12.2 Å². The zero-order valence-electron chi connectivity index (χ0n) is 11.8. The van der Waals surface area contributed by atoms with Gasteiger partial charge in [0.25, 0.3) is 0 Å². The SMILES string of the molecule is CCNC(=O)NC(=O)[C@H](C)Nc1cccc(C)c1C. The molecule has 5 heteroatoms. The first-order valence-electron chi connectivity index (χ1n) is 6.37. The molecule has 0 spiro atoms. The monoisotopic (exact) mass is 263 g/mol. The number of nitrogens with one attached hydrogen (secondary N) is 3. The Morgan fingerprint density at radius 3 is 2.58 bits per heavy atom. The molecule has 3 amide bonds. The predicted octanol–water partition coefficient (Wildman–Crippen LogP) is 1.95. The van der Waals surface area contributed by atoms with Crippen LogP contribution in [0.4, 0.5) is 10.5 Å². The minimum absolute atomic E-state index is 0.355. The highest BCUT2D eigenvalue weighted by Crippen LogP contribution is 2.18. The number of amides is 3. The van der Waals surface area contributed by atoms with Crippen molar-refractivity contribution < 1.29 is 9.59 Å². The number of rotatable bonds is 4. The summed E-state index contributed by atoms with van der Waals surface area (Å²) in [4.78, 5) is 23.1. The highest BCUT2D eigenvalue weighted by atomic mass is 16.2. The third kappa shape index (κ3) is 4.28. The molecule has 0 unspecified atom stereocenters. The number of anilines is 1. The zero-order valence-corrected chi connectivity index (χ0v) is 11.8. The molecule has 0 radical (unpaired) electrons. The van der Waals surface area contributed by atoms with Crippen LogP contribution in [-0.2, 0) is 4.79 Å². The van der Waals surface area contributed by atoms with Gasteiger partial charge < -0.3 is 10.6 Å². The van der Waals surface area contributed by atoms with Crippen molar-refractivity contribution in [3.05, 3.63) is 29.3 Å². The van der Waals surface area contributed by atoms with Crippen molar-refractivity contribution >= 4 is 17.6 Å².